The average molecular weight is 239 g/mol. The van der Waals surface area contributed by atoms with Gasteiger partial charge in [-0.3, -0.25) is 0 Å². The molecule has 0 aliphatic carbocycles. The van der Waals surface area contributed by atoms with Crippen molar-refractivity contribution < 1.29 is 14.1 Å². The molecular formula is C9H9N3O3S. The molecule has 0 amide bonds. The Morgan fingerprint density at radius 3 is 3.12 bits per heavy atom. The fourth-order valence-electron chi connectivity index (χ4n) is 1.10. The normalized spacial score (nSPS) is 10.3. The van der Waals surface area contributed by atoms with Gasteiger partial charge in [0.05, 0.1) is 6.61 Å². The van der Waals surface area contributed by atoms with E-state index in [1.807, 2.05) is 0 Å². The third kappa shape index (κ3) is 2.03. The Morgan fingerprint density at radius 1 is 1.69 bits per heavy atom. The van der Waals surface area contributed by atoms with Crippen molar-refractivity contribution in [3.05, 3.63) is 17.1 Å². The summed E-state index contributed by atoms with van der Waals surface area (Å²) in [7, 11) is 0. The molecule has 2 heterocycles. The maximum atomic E-state index is 11.3. The molecule has 0 saturated heterocycles. The number of hydrogen-bond donors (Lipinski definition) is 1. The van der Waals surface area contributed by atoms with Gasteiger partial charge in [-0.1, -0.05) is 5.16 Å². The van der Waals surface area contributed by atoms with E-state index in [4.69, 9.17) is 15.0 Å². The second-order valence-electron chi connectivity index (χ2n) is 2.87. The fourth-order valence-corrected chi connectivity index (χ4v) is 1.65. The van der Waals surface area contributed by atoms with Crippen LogP contribution in [0.1, 0.15) is 17.4 Å². The maximum absolute atomic E-state index is 11.3. The molecule has 84 valence electrons. The fraction of sp³-hybridized carbons (Fsp3) is 0.222. The van der Waals surface area contributed by atoms with E-state index in [9.17, 15) is 4.79 Å². The van der Waals surface area contributed by atoms with Crippen molar-refractivity contribution in [3.8, 4) is 11.5 Å². The second-order valence-corrected chi connectivity index (χ2v) is 3.76. The van der Waals surface area contributed by atoms with E-state index in [2.05, 4.69) is 10.1 Å². The van der Waals surface area contributed by atoms with Gasteiger partial charge >= 0.3 is 5.97 Å². The molecule has 0 bridgehead atoms. The minimum absolute atomic E-state index is 0.128. The first kappa shape index (κ1) is 10.6. The SMILES string of the molecule is CCOC(=O)c1cc(-c2csc(N)n2)on1. The average Bonchev–Trinajstić information content (AvgIpc) is 2.85. The van der Waals surface area contributed by atoms with Crippen LogP contribution >= 0.6 is 11.3 Å². The standard InChI is InChI=1S/C9H9N3O3S/c1-2-14-8(13)5-3-7(15-12-5)6-4-16-9(10)11-6/h3-4H,2H2,1H3,(H2,10,11). The van der Waals surface area contributed by atoms with Crippen molar-refractivity contribution >= 4 is 22.4 Å². The summed E-state index contributed by atoms with van der Waals surface area (Å²) >= 11 is 1.29. The number of nitrogen functional groups attached to an aromatic ring is 1. The van der Waals surface area contributed by atoms with Gasteiger partial charge in [0, 0.05) is 11.4 Å². The molecule has 0 unspecified atom stereocenters. The molecule has 16 heavy (non-hydrogen) atoms. The van der Waals surface area contributed by atoms with Gasteiger partial charge in [-0.25, -0.2) is 9.78 Å². The smallest absolute Gasteiger partial charge is 0.360 e. The van der Waals surface area contributed by atoms with Gasteiger partial charge < -0.3 is 15.0 Å². The number of nitrogens with two attached hydrogens (primary N) is 1. The van der Waals surface area contributed by atoms with Gasteiger partial charge in [0.25, 0.3) is 0 Å². The minimum atomic E-state index is -0.513. The van der Waals surface area contributed by atoms with E-state index < -0.39 is 5.97 Å². The zero-order valence-electron chi connectivity index (χ0n) is 8.47. The highest BCUT2D eigenvalue weighted by atomic mass is 32.1. The lowest BCUT2D eigenvalue weighted by Gasteiger charge is -1.94. The molecule has 0 radical (unpaired) electrons. The number of rotatable bonds is 3. The van der Waals surface area contributed by atoms with Crippen LogP contribution in [0.25, 0.3) is 11.5 Å². The van der Waals surface area contributed by atoms with E-state index in [0.29, 0.717) is 23.2 Å². The lowest BCUT2D eigenvalue weighted by atomic mass is 10.3. The van der Waals surface area contributed by atoms with Crippen LogP contribution in [0.4, 0.5) is 5.13 Å². The molecule has 0 saturated carbocycles. The number of nitrogens with zero attached hydrogens (tertiary/aromatic N) is 2. The van der Waals surface area contributed by atoms with E-state index in [1.54, 1.807) is 12.3 Å². The Morgan fingerprint density at radius 2 is 2.50 bits per heavy atom. The molecular weight excluding hydrogens is 230 g/mol. The van der Waals surface area contributed by atoms with Crippen LogP contribution in [0.3, 0.4) is 0 Å². The largest absolute Gasteiger partial charge is 0.461 e. The first-order valence-corrected chi connectivity index (χ1v) is 5.44. The van der Waals surface area contributed by atoms with Gasteiger partial charge in [0.2, 0.25) is 0 Å². The Hall–Kier alpha value is -1.89. The molecule has 0 aliphatic heterocycles. The van der Waals surface area contributed by atoms with Gasteiger partial charge in [-0.15, -0.1) is 11.3 Å². The Kier molecular flexibility index (Phi) is 2.86. The van der Waals surface area contributed by atoms with Crippen LogP contribution in [0.5, 0.6) is 0 Å². The van der Waals surface area contributed by atoms with Crippen LogP contribution in [0, 0.1) is 0 Å². The number of thiazole rings is 1. The molecule has 0 fully saturated rings. The molecule has 0 spiro atoms. The number of esters is 1. The van der Waals surface area contributed by atoms with Crippen LogP contribution in [0.2, 0.25) is 0 Å². The summed E-state index contributed by atoms with van der Waals surface area (Å²) in [6.45, 7) is 2.02. The number of aromatic nitrogens is 2. The molecule has 0 aliphatic rings. The Labute approximate surface area is 95.0 Å². The summed E-state index contributed by atoms with van der Waals surface area (Å²) in [5, 5.41) is 5.76. The van der Waals surface area contributed by atoms with Crippen molar-refractivity contribution in [2.75, 3.05) is 12.3 Å². The molecule has 2 N–H and O–H groups in total. The quantitative estimate of drug-likeness (QED) is 0.817. The lowest BCUT2D eigenvalue weighted by molar-refractivity contribution is 0.0514. The van der Waals surface area contributed by atoms with Crippen molar-refractivity contribution in [1.29, 1.82) is 0 Å². The van der Waals surface area contributed by atoms with Gasteiger partial charge in [0.1, 0.15) is 5.69 Å². The second kappa shape index (κ2) is 4.31. The highest BCUT2D eigenvalue weighted by molar-refractivity contribution is 7.13. The van der Waals surface area contributed by atoms with Crippen molar-refractivity contribution in [2.45, 2.75) is 6.92 Å². The summed E-state index contributed by atoms with van der Waals surface area (Å²) in [6, 6.07) is 1.48. The number of ether oxygens (including phenoxy) is 1. The predicted octanol–water partition coefficient (Wildman–Crippen LogP) is 1.56. The topological polar surface area (TPSA) is 91.2 Å². The molecule has 2 aromatic heterocycles. The lowest BCUT2D eigenvalue weighted by Crippen LogP contribution is -2.04. The number of anilines is 1. The summed E-state index contributed by atoms with van der Waals surface area (Å²) in [6.07, 6.45) is 0. The molecule has 7 heteroatoms. The number of carbonyl (C=O) groups is 1. The monoisotopic (exact) mass is 239 g/mol. The van der Waals surface area contributed by atoms with Gasteiger partial charge in [-0.2, -0.15) is 0 Å². The maximum Gasteiger partial charge on any atom is 0.360 e. The van der Waals surface area contributed by atoms with E-state index in [-0.39, 0.29) is 5.69 Å². The first-order chi connectivity index (χ1) is 7.70. The third-order valence-corrected chi connectivity index (χ3v) is 2.44. The molecule has 2 rings (SSSR count). The number of hydrogen-bond acceptors (Lipinski definition) is 7. The molecule has 0 aromatic carbocycles. The molecule has 2 aromatic rings. The van der Waals surface area contributed by atoms with Crippen LogP contribution in [0.15, 0.2) is 16.0 Å². The van der Waals surface area contributed by atoms with Crippen molar-refractivity contribution in [2.24, 2.45) is 0 Å². The highest BCUT2D eigenvalue weighted by Gasteiger charge is 2.15. The number of carbonyl (C=O) groups excluding carboxylic acids is 1. The first-order valence-electron chi connectivity index (χ1n) is 4.56. The minimum Gasteiger partial charge on any atom is -0.461 e. The summed E-state index contributed by atoms with van der Waals surface area (Å²) in [5.41, 5.74) is 6.17. The third-order valence-electron chi connectivity index (χ3n) is 1.77. The summed E-state index contributed by atoms with van der Waals surface area (Å²) in [5.74, 6) is -0.114. The van der Waals surface area contributed by atoms with Crippen molar-refractivity contribution in [1.82, 2.24) is 10.1 Å². The predicted molar refractivity (Wildman–Crippen MR) is 58.0 cm³/mol. The van der Waals surface area contributed by atoms with Crippen LogP contribution in [-0.4, -0.2) is 22.7 Å². The Bertz CT molecular complexity index is 506. The summed E-state index contributed by atoms with van der Waals surface area (Å²) in [4.78, 5) is 15.3. The molecule has 0 atom stereocenters. The Balaban J connectivity index is 2.22. The van der Waals surface area contributed by atoms with Gasteiger partial charge in [-0.05, 0) is 6.92 Å². The van der Waals surface area contributed by atoms with E-state index >= 15 is 0 Å². The van der Waals surface area contributed by atoms with Crippen LogP contribution < -0.4 is 5.73 Å². The highest BCUT2D eigenvalue weighted by Crippen LogP contribution is 2.23. The van der Waals surface area contributed by atoms with Crippen molar-refractivity contribution in [3.63, 3.8) is 0 Å². The van der Waals surface area contributed by atoms with Crippen LogP contribution in [-0.2, 0) is 4.74 Å². The molecule has 6 nitrogen and oxygen atoms in total. The van der Waals surface area contributed by atoms with E-state index in [0.717, 1.165) is 0 Å². The van der Waals surface area contributed by atoms with E-state index in [1.165, 1.54) is 17.4 Å². The van der Waals surface area contributed by atoms with Gasteiger partial charge in [0.15, 0.2) is 16.6 Å². The summed E-state index contributed by atoms with van der Waals surface area (Å²) < 4.78 is 9.75. The zero-order chi connectivity index (χ0) is 11.5. The zero-order valence-corrected chi connectivity index (χ0v) is 9.28.